The molecule has 4 aromatic rings. The van der Waals surface area contributed by atoms with Crippen LogP contribution < -0.4 is 10.5 Å². The number of halogens is 1. The van der Waals surface area contributed by atoms with Crippen LogP contribution >= 0.6 is 22.9 Å². The summed E-state index contributed by atoms with van der Waals surface area (Å²) in [7, 11) is -3.73. The van der Waals surface area contributed by atoms with Gasteiger partial charge in [0, 0.05) is 22.5 Å². The molecule has 170 valence electrons. The number of aryl methyl sites for hydroxylation is 1. The van der Waals surface area contributed by atoms with Crippen molar-refractivity contribution in [2.24, 2.45) is 5.14 Å². The van der Waals surface area contributed by atoms with E-state index in [9.17, 15) is 13.2 Å². The Labute approximate surface area is 199 Å². The van der Waals surface area contributed by atoms with Crippen LogP contribution in [0, 0.1) is 13.8 Å². The molecule has 0 spiro atoms. The molecule has 0 radical (unpaired) electrons. The number of rotatable bonds is 6. The van der Waals surface area contributed by atoms with Crippen LogP contribution in [0.25, 0.3) is 5.69 Å². The summed E-state index contributed by atoms with van der Waals surface area (Å²) in [5.41, 5.74) is 3.34. The Hall–Kier alpha value is -3.12. The zero-order valence-electron chi connectivity index (χ0n) is 17.6. The standard InChI is InChI=1S/C21H19ClN6O3S2/c1-12-3-6-15(22)10-18(12)28-13(2)19(26-27-28)20(29)25-21-24-11-16(32-21)9-14-4-7-17(8-5-14)33(23,30)31/h3-8,10-11H,9H2,1-2H3,(H2,23,30,31)(H,24,25,29). The first-order valence-corrected chi connectivity index (χ1v) is 12.4. The molecule has 0 fully saturated rings. The Kier molecular flexibility index (Phi) is 6.30. The SMILES string of the molecule is Cc1ccc(Cl)cc1-n1nnc(C(=O)Nc2ncc(Cc3ccc(S(N)(=O)=O)cc3)s2)c1C. The Morgan fingerprint density at radius 2 is 1.91 bits per heavy atom. The maximum Gasteiger partial charge on any atom is 0.279 e. The highest BCUT2D eigenvalue weighted by Gasteiger charge is 2.19. The van der Waals surface area contributed by atoms with Crippen LogP contribution in [0.1, 0.15) is 32.2 Å². The third-order valence-electron chi connectivity index (χ3n) is 4.91. The highest BCUT2D eigenvalue weighted by Crippen LogP contribution is 2.24. The van der Waals surface area contributed by atoms with E-state index in [0.29, 0.717) is 22.3 Å². The lowest BCUT2D eigenvalue weighted by molar-refractivity contribution is 0.102. The number of carbonyl (C=O) groups is 1. The molecule has 33 heavy (non-hydrogen) atoms. The minimum Gasteiger partial charge on any atom is -0.296 e. The van der Waals surface area contributed by atoms with Gasteiger partial charge in [0.05, 0.1) is 16.3 Å². The summed E-state index contributed by atoms with van der Waals surface area (Å²) in [6, 6.07) is 11.7. The molecule has 0 saturated carbocycles. The second-order valence-corrected chi connectivity index (χ2v) is 10.4. The van der Waals surface area contributed by atoms with Crippen molar-refractivity contribution >= 4 is 44.0 Å². The van der Waals surface area contributed by atoms with Gasteiger partial charge in [0.2, 0.25) is 10.0 Å². The summed E-state index contributed by atoms with van der Waals surface area (Å²) < 4.78 is 24.3. The van der Waals surface area contributed by atoms with E-state index in [1.165, 1.54) is 23.5 Å². The molecule has 2 aromatic heterocycles. The van der Waals surface area contributed by atoms with Crippen molar-refractivity contribution in [2.45, 2.75) is 25.2 Å². The molecule has 2 aromatic carbocycles. The van der Waals surface area contributed by atoms with E-state index in [1.54, 1.807) is 42.1 Å². The quantitative estimate of drug-likeness (QED) is 0.414. The summed E-state index contributed by atoms with van der Waals surface area (Å²) >= 11 is 7.42. The van der Waals surface area contributed by atoms with Gasteiger partial charge in [0.25, 0.3) is 5.91 Å². The zero-order chi connectivity index (χ0) is 23.8. The summed E-state index contributed by atoms with van der Waals surface area (Å²) in [5, 5.41) is 17.0. The average molecular weight is 503 g/mol. The Balaban J connectivity index is 1.47. The molecular formula is C21H19ClN6O3S2. The van der Waals surface area contributed by atoms with Crippen molar-refractivity contribution in [1.82, 2.24) is 20.0 Å². The van der Waals surface area contributed by atoms with E-state index >= 15 is 0 Å². The van der Waals surface area contributed by atoms with Crippen molar-refractivity contribution in [3.05, 3.63) is 81.1 Å². The van der Waals surface area contributed by atoms with Crippen molar-refractivity contribution in [3.8, 4) is 5.69 Å². The fraction of sp³-hybridized carbons (Fsp3) is 0.143. The number of amides is 1. The number of carbonyl (C=O) groups excluding carboxylic acids is 1. The van der Waals surface area contributed by atoms with Crippen LogP contribution in [0.5, 0.6) is 0 Å². The summed E-state index contributed by atoms with van der Waals surface area (Å²) in [6.07, 6.45) is 2.19. The molecule has 2 heterocycles. The van der Waals surface area contributed by atoms with Crippen LogP contribution in [-0.4, -0.2) is 34.3 Å². The zero-order valence-corrected chi connectivity index (χ0v) is 20.0. The first-order valence-electron chi connectivity index (χ1n) is 9.68. The number of nitrogens with one attached hydrogen (secondary N) is 1. The summed E-state index contributed by atoms with van der Waals surface area (Å²) in [4.78, 5) is 18.0. The Morgan fingerprint density at radius 1 is 1.18 bits per heavy atom. The number of sulfonamides is 1. The van der Waals surface area contributed by atoms with Crippen molar-refractivity contribution in [3.63, 3.8) is 0 Å². The van der Waals surface area contributed by atoms with Gasteiger partial charge in [-0.05, 0) is 49.2 Å². The average Bonchev–Trinajstić information content (AvgIpc) is 3.35. The lowest BCUT2D eigenvalue weighted by Crippen LogP contribution is -2.14. The summed E-state index contributed by atoms with van der Waals surface area (Å²) in [6.45, 7) is 3.68. The molecular weight excluding hydrogens is 484 g/mol. The predicted octanol–water partition coefficient (Wildman–Crippen LogP) is 3.48. The lowest BCUT2D eigenvalue weighted by atomic mass is 10.1. The van der Waals surface area contributed by atoms with E-state index < -0.39 is 15.9 Å². The fourth-order valence-electron chi connectivity index (χ4n) is 3.18. The maximum atomic E-state index is 12.8. The number of nitrogens with two attached hydrogens (primary N) is 1. The first kappa shape index (κ1) is 23.1. The largest absolute Gasteiger partial charge is 0.296 e. The second-order valence-electron chi connectivity index (χ2n) is 7.32. The van der Waals surface area contributed by atoms with Gasteiger partial charge in [0.1, 0.15) is 0 Å². The third-order valence-corrected chi connectivity index (χ3v) is 6.99. The van der Waals surface area contributed by atoms with E-state index in [2.05, 4.69) is 20.6 Å². The minimum atomic E-state index is -3.73. The van der Waals surface area contributed by atoms with E-state index in [0.717, 1.165) is 21.7 Å². The smallest absolute Gasteiger partial charge is 0.279 e. The van der Waals surface area contributed by atoms with Crippen molar-refractivity contribution < 1.29 is 13.2 Å². The van der Waals surface area contributed by atoms with Gasteiger partial charge in [-0.2, -0.15) is 0 Å². The van der Waals surface area contributed by atoms with E-state index in [4.69, 9.17) is 16.7 Å². The number of primary sulfonamides is 1. The maximum absolute atomic E-state index is 12.8. The third kappa shape index (κ3) is 5.11. The molecule has 12 heteroatoms. The molecule has 0 atom stereocenters. The normalized spacial score (nSPS) is 11.5. The van der Waals surface area contributed by atoms with E-state index in [-0.39, 0.29) is 10.6 Å². The Morgan fingerprint density at radius 3 is 2.61 bits per heavy atom. The van der Waals surface area contributed by atoms with Gasteiger partial charge < -0.3 is 0 Å². The van der Waals surface area contributed by atoms with E-state index in [1.807, 2.05) is 13.0 Å². The van der Waals surface area contributed by atoms with Crippen molar-refractivity contribution in [1.29, 1.82) is 0 Å². The van der Waals surface area contributed by atoms with Gasteiger partial charge in [-0.15, -0.1) is 16.4 Å². The lowest BCUT2D eigenvalue weighted by Gasteiger charge is -2.07. The Bertz CT molecular complexity index is 1450. The van der Waals surface area contributed by atoms with Gasteiger partial charge >= 0.3 is 0 Å². The van der Waals surface area contributed by atoms with Gasteiger partial charge in [-0.25, -0.2) is 23.2 Å². The highest BCUT2D eigenvalue weighted by atomic mass is 35.5. The molecule has 0 saturated heterocycles. The van der Waals surface area contributed by atoms with Crippen LogP contribution in [0.3, 0.4) is 0 Å². The molecule has 0 aliphatic carbocycles. The number of hydrogen-bond donors (Lipinski definition) is 2. The van der Waals surface area contributed by atoms with Crippen molar-refractivity contribution in [2.75, 3.05) is 5.32 Å². The molecule has 0 aliphatic heterocycles. The predicted molar refractivity (Wildman–Crippen MR) is 127 cm³/mol. The minimum absolute atomic E-state index is 0.0555. The topological polar surface area (TPSA) is 133 Å². The molecule has 0 aliphatic rings. The number of thiazole rings is 1. The highest BCUT2D eigenvalue weighted by molar-refractivity contribution is 7.89. The number of benzene rings is 2. The molecule has 0 unspecified atom stereocenters. The van der Waals surface area contributed by atoms with Crippen LogP contribution in [0.15, 0.2) is 53.6 Å². The van der Waals surface area contributed by atoms with Gasteiger partial charge in [0.15, 0.2) is 10.8 Å². The molecule has 1 amide bonds. The molecule has 0 bridgehead atoms. The fourth-order valence-corrected chi connectivity index (χ4v) is 4.70. The van der Waals surface area contributed by atoms with Crippen LogP contribution in [0.4, 0.5) is 5.13 Å². The number of nitrogens with zero attached hydrogens (tertiary/aromatic N) is 4. The second kappa shape index (κ2) is 9.02. The van der Waals surface area contributed by atoms with Crippen LogP contribution in [0.2, 0.25) is 5.02 Å². The molecule has 9 nitrogen and oxygen atoms in total. The monoisotopic (exact) mass is 502 g/mol. The number of anilines is 1. The molecule has 4 rings (SSSR count). The summed E-state index contributed by atoms with van der Waals surface area (Å²) in [5.74, 6) is -0.420. The van der Waals surface area contributed by atoms with Gasteiger partial charge in [-0.1, -0.05) is 35.0 Å². The molecule has 3 N–H and O–H groups in total. The number of hydrogen-bond acceptors (Lipinski definition) is 7. The first-order chi connectivity index (χ1) is 15.6. The van der Waals surface area contributed by atoms with Crippen LogP contribution in [-0.2, 0) is 16.4 Å². The number of aromatic nitrogens is 4. The van der Waals surface area contributed by atoms with Gasteiger partial charge in [-0.3, -0.25) is 10.1 Å².